The molecule has 3 aromatic carbocycles. The Kier molecular flexibility index (Phi) is 5.42. The van der Waals surface area contributed by atoms with Crippen LogP contribution in [0.25, 0.3) is 0 Å². The Hall–Kier alpha value is -2.70. The Morgan fingerprint density at radius 2 is 1.08 bits per heavy atom. The number of carbonyl (C=O) groups is 1. The van der Waals surface area contributed by atoms with Crippen molar-refractivity contribution in [2.45, 2.75) is 0 Å². The molecule has 3 aromatic rings. The van der Waals surface area contributed by atoms with Gasteiger partial charge in [0, 0.05) is 6.08 Å². The number of rotatable bonds is 6. The number of carboxylic acids is 1. The molecule has 3 heteroatoms. The molecule has 0 bridgehead atoms. The molecule has 0 amide bonds. The summed E-state index contributed by atoms with van der Waals surface area (Å²) in [5.41, 5.74) is 0. The van der Waals surface area contributed by atoms with E-state index in [4.69, 9.17) is 5.11 Å². The highest BCUT2D eigenvalue weighted by molar-refractivity contribution is 7.95. The van der Waals surface area contributed by atoms with E-state index in [9.17, 15) is 4.79 Å². The fourth-order valence-corrected chi connectivity index (χ4v) is 7.11. The highest BCUT2D eigenvalue weighted by Crippen LogP contribution is 2.55. The molecule has 0 aliphatic carbocycles. The summed E-state index contributed by atoms with van der Waals surface area (Å²) in [6.45, 7) is 0. The Morgan fingerprint density at radius 1 is 0.720 bits per heavy atom. The van der Waals surface area contributed by atoms with E-state index in [0.717, 1.165) is 0 Å². The van der Waals surface area contributed by atoms with Crippen molar-refractivity contribution in [3.05, 3.63) is 103 Å². The second-order valence-electron chi connectivity index (χ2n) is 5.74. The Labute approximate surface area is 148 Å². The molecule has 124 valence electrons. The smallest absolute Gasteiger partial charge is 0.328 e. The fourth-order valence-electron chi connectivity index (χ4n) is 3.12. The van der Waals surface area contributed by atoms with Crippen LogP contribution in [0.1, 0.15) is 0 Å². The number of allylic oxidation sites excluding steroid dienone is 1. The van der Waals surface area contributed by atoms with Crippen LogP contribution in [0.2, 0.25) is 0 Å². The zero-order chi connectivity index (χ0) is 17.5. The third-order valence-corrected chi connectivity index (χ3v) is 8.53. The lowest BCUT2D eigenvalue weighted by Crippen LogP contribution is -2.32. The average molecular weight is 347 g/mol. The van der Waals surface area contributed by atoms with E-state index in [1.807, 2.05) is 18.2 Å². The van der Waals surface area contributed by atoms with Crippen molar-refractivity contribution in [2.75, 3.05) is 6.16 Å². The number of benzene rings is 3. The van der Waals surface area contributed by atoms with Crippen LogP contribution in [0.3, 0.4) is 0 Å². The Morgan fingerprint density at radius 3 is 1.40 bits per heavy atom. The van der Waals surface area contributed by atoms with Crippen LogP contribution >= 0.6 is 7.26 Å². The van der Waals surface area contributed by atoms with Gasteiger partial charge in [-0.25, -0.2) is 4.79 Å². The Bertz CT molecular complexity index is 746. The molecule has 0 aliphatic heterocycles. The molecule has 25 heavy (non-hydrogen) atoms. The van der Waals surface area contributed by atoms with Crippen molar-refractivity contribution in [1.29, 1.82) is 0 Å². The molecule has 0 fully saturated rings. The van der Waals surface area contributed by atoms with Crippen LogP contribution in [-0.2, 0) is 4.79 Å². The van der Waals surface area contributed by atoms with Crippen LogP contribution in [-0.4, -0.2) is 17.2 Å². The molecule has 3 rings (SSSR count). The molecule has 0 heterocycles. The van der Waals surface area contributed by atoms with Crippen LogP contribution in [0.5, 0.6) is 0 Å². The van der Waals surface area contributed by atoms with Gasteiger partial charge in [0.15, 0.2) is 0 Å². The van der Waals surface area contributed by atoms with Crippen molar-refractivity contribution in [1.82, 2.24) is 0 Å². The lowest BCUT2D eigenvalue weighted by Gasteiger charge is -2.26. The van der Waals surface area contributed by atoms with E-state index < -0.39 is 13.2 Å². The van der Waals surface area contributed by atoms with Gasteiger partial charge in [-0.1, -0.05) is 54.6 Å². The highest BCUT2D eigenvalue weighted by Gasteiger charge is 2.44. The van der Waals surface area contributed by atoms with Crippen molar-refractivity contribution in [3.63, 3.8) is 0 Å². The SMILES string of the molecule is O=C(O)C=CC[P+](c1ccccc1)(c1ccccc1)c1ccccc1. The van der Waals surface area contributed by atoms with Gasteiger partial charge < -0.3 is 5.11 Å². The first-order valence-corrected chi connectivity index (χ1v) is 10.2. The van der Waals surface area contributed by atoms with Gasteiger partial charge >= 0.3 is 5.97 Å². The van der Waals surface area contributed by atoms with Crippen LogP contribution in [0, 0.1) is 0 Å². The summed E-state index contributed by atoms with van der Waals surface area (Å²) in [6, 6.07) is 31.3. The molecule has 0 radical (unpaired) electrons. The van der Waals surface area contributed by atoms with Crippen molar-refractivity contribution in [2.24, 2.45) is 0 Å². The minimum absolute atomic E-state index is 0.678. The predicted octanol–water partition coefficient (Wildman–Crippen LogP) is 3.62. The van der Waals surface area contributed by atoms with E-state index in [2.05, 4.69) is 72.8 Å². The molecule has 0 spiro atoms. The summed E-state index contributed by atoms with van der Waals surface area (Å²) in [5, 5.41) is 12.8. The fraction of sp³-hybridized carbons (Fsp3) is 0.0455. The third kappa shape index (κ3) is 3.70. The van der Waals surface area contributed by atoms with E-state index in [-0.39, 0.29) is 0 Å². The van der Waals surface area contributed by atoms with Gasteiger partial charge in [0.05, 0.1) is 6.16 Å². The van der Waals surface area contributed by atoms with Crippen LogP contribution < -0.4 is 15.9 Å². The van der Waals surface area contributed by atoms with Crippen molar-refractivity contribution < 1.29 is 9.90 Å². The van der Waals surface area contributed by atoms with Gasteiger partial charge in [0.2, 0.25) is 0 Å². The molecule has 0 aliphatic rings. The van der Waals surface area contributed by atoms with Gasteiger partial charge in [0.25, 0.3) is 0 Å². The van der Waals surface area contributed by atoms with Crippen molar-refractivity contribution in [3.8, 4) is 0 Å². The maximum absolute atomic E-state index is 11.0. The van der Waals surface area contributed by atoms with E-state index in [1.54, 1.807) is 6.08 Å². The number of hydrogen-bond acceptors (Lipinski definition) is 1. The largest absolute Gasteiger partial charge is 0.478 e. The molecular formula is C22H20O2P+. The van der Waals surface area contributed by atoms with Gasteiger partial charge in [-0.2, -0.15) is 0 Å². The molecule has 0 atom stereocenters. The second kappa shape index (κ2) is 7.92. The standard InChI is InChI=1S/C22H19O2P/c23-22(24)17-10-18-25(19-11-4-1-5-12-19,20-13-6-2-7-14-20)21-15-8-3-9-16-21/h1-17H,18H2/p+1. The van der Waals surface area contributed by atoms with Gasteiger partial charge in [-0.3, -0.25) is 0 Å². The van der Waals surface area contributed by atoms with Crippen LogP contribution in [0.4, 0.5) is 0 Å². The maximum Gasteiger partial charge on any atom is 0.328 e. The monoisotopic (exact) mass is 347 g/mol. The number of aliphatic carboxylic acids is 1. The molecule has 0 aromatic heterocycles. The average Bonchev–Trinajstić information content (AvgIpc) is 2.67. The zero-order valence-corrected chi connectivity index (χ0v) is 14.7. The molecule has 0 unspecified atom stereocenters. The number of hydrogen-bond donors (Lipinski definition) is 1. The van der Waals surface area contributed by atoms with Crippen molar-refractivity contribution >= 4 is 29.1 Å². The quantitative estimate of drug-likeness (QED) is 0.546. The normalized spacial score (nSPS) is 11.5. The minimum atomic E-state index is -1.96. The third-order valence-electron chi connectivity index (χ3n) is 4.23. The summed E-state index contributed by atoms with van der Waals surface area (Å²) in [7, 11) is -1.96. The van der Waals surface area contributed by atoms with E-state index >= 15 is 0 Å². The first-order valence-electron chi connectivity index (χ1n) is 8.18. The highest BCUT2D eigenvalue weighted by atomic mass is 31.2. The topological polar surface area (TPSA) is 37.3 Å². The summed E-state index contributed by atoms with van der Waals surface area (Å²) >= 11 is 0. The van der Waals surface area contributed by atoms with Gasteiger partial charge in [-0.15, -0.1) is 0 Å². The maximum atomic E-state index is 11.0. The summed E-state index contributed by atoms with van der Waals surface area (Å²) in [5.74, 6) is -0.910. The second-order valence-corrected chi connectivity index (χ2v) is 9.27. The van der Waals surface area contributed by atoms with Gasteiger partial charge in [0.1, 0.15) is 23.2 Å². The van der Waals surface area contributed by atoms with Crippen LogP contribution in [0.15, 0.2) is 103 Å². The summed E-state index contributed by atoms with van der Waals surface area (Å²) in [6.07, 6.45) is 3.73. The summed E-state index contributed by atoms with van der Waals surface area (Å²) in [4.78, 5) is 11.0. The molecular weight excluding hydrogens is 327 g/mol. The Balaban J connectivity index is 2.25. The first kappa shape index (κ1) is 17.1. The van der Waals surface area contributed by atoms with Gasteiger partial charge in [-0.05, 0) is 42.5 Å². The molecule has 2 nitrogen and oxygen atoms in total. The zero-order valence-electron chi connectivity index (χ0n) is 13.8. The predicted molar refractivity (Wildman–Crippen MR) is 107 cm³/mol. The first-order chi connectivity index (χ1) is 12.2. The summed E-state index contributed by atoms with van der Waals surface area (Å²) < 4.78 is 0. The van der Waals surface area contributed by atoms with E-state index in [0.29, 0.717) is 6.16 Å². The van der Waals surface area contributed by atoms with E-state index in [1.165, 1.54) is 22.0 Å². The molecule has 1 N–H and O–H groups in total. The lowest BCUT2D eigenvalue weighted by atomic mass is 10.4. The number of carboxylic acid groups (broad SMARTS) is 1. The minimum Gasteiger partial charge on any atom is -0.478 e. The molecule has 0 saturated carbocycles. The molecule has 0 saturated heterocycles. The lowest BCUT2D eigenvalue weighted by molar-refractivity contribution is -0.131.